The molecule has 0 bridgehead atoms. The van der Waals surface area contributed by atoms with E-state index >= 15 is 0 Å². The van der Waals surface area contributed by atoms with E-state index in [0.717, 1.165) is 5.08 Å². The van der Waals surface area contributed by atoms with Crippen molar-refractivity contribution >= 4 is 34.6 Å². The third-order valence-corrected chi connectivity index (χ3v) is 1.91. The fourth-order valence-electron chi connectivity index (χ4n) is 0.218. The summed E-state index contributed by atoms with van der Waals surface area (Å²) in [4.78, 5) is 7.10. The first kappa shape index (κ1) is 20.2. The fourth-order valence-corrected chi connectivity index (χ4v) is 1.15. The average molecular weight is 360 g/mol. The fraction of sp³-hybridized carbons (Fsp3) is 0.143. The van der Waals surface area contributed by atoms with Crippen LogP contribution in [0.2, 0.25) is 0 Å². The molecule has 6 heteroatoms. The van der Waals surface area contributed by atoms with Crippen molar-refractivity contribution in [3.05, 3.63) is 25.6 Å². The van der Waals surface area contributed by atoms with Gasteiger partial charge < -0.3 is 35.5 Å². The minimum Gasteiger partial charge on any atom is -0.601 e. The van der Waals surface area contributed by atoms with E-state index in [1.165, 1.54) is 35.9 Å². The molecule has 0 atom stereocenters. The maximum Gasteiger partial charge on any atom is 0.0138 e. The molecule has 0 unspecified atom stereocenters. The first-order valence-corrected chi connectivity index (χ1v) is 4.59. The van der Waals surface area contributed by atoms with Gasteiger partial charge in [-0.15, -0.1) is 11.1 Å². The van der Waals surface area contributed by atoms with E-state index in [9.17, 15) is 0 Å². The number of rotatable bonds is 6. The van der Waals surface area contributed by atoms with Gasteiger partial charge >= 0.3 is 0 Å². The summed E-state index contributed by atoms with van der Waals surface area (Å²) in [5.74, 6) is 0. The predicted molar refractivity (Wildman–Crippen MR) is 52.7 cm³/mol. The molecule has 0 spiro atoms. The van der Waals surface area contributed by atoms with Gasteiger partial charge in [0, 0.05) is 70.5 Å². The van der Waals surface area contributed by atoms with Crippen LogP contribution < -0.4 is 0 Å². The van der Waals surface area contributed by atoms with E-state index in [1.54, 1.807) is 0 Å². The summed E-state index contributed by atoms with van der Waals surface area (Å²) in [6.45, 7) is 9.92. The molecule has 0 aliphatic carbocycles. The number of thioether (sulfide) groups is 2. The van der Waals surface area contributed by atoms with E-state index in [4.69, 9.17) is 13.2 Å². The summed E-state index contributed by atoms with van der Waals surface area (Å²) in [5, 5.41) is 0.745. The van der Waals surface area contributed by atoms with Gasteiger partial charge in [0.15, 0.2) is 0 Å². The monoisotopic (exact) mass is 360 g/mol. The smallest absolute Gasteiger partial charge is 0.0138 e. The second-order valence-corrected chi connectivity index (χ2v) is 3.03. The zero-order valence-electron chi connectivity index (χ0n) is 6.88. The first-order valence-electron chi connectivity index (χ1n) is 2.62. The number of hydrogen-bond acceptors (Lipinski definition) is 4. The van der Waals surface area contributed by atoms with Crippen molar-refractivity contribution in [2.45, 2.75) is 0 Å². The van der Waals surface area contributed by atoms with Gasteiger partial charge in [-0.1, -0.05) is 0 Å². The number of nitrogens with zero attached hydrogens (tertiary/aromatic N) is 2. The molecular weight excluding hydrogens is 354 g/mol. The van der Waals surface area contributed by atoms with E-state index in [0.29, 0.717) is 0 Å². The normalized spacial score (nSPS) is 9.23. The van der Waals surface area contributed by atoms with Crippen molar-refractivity contribution in [2.75, 3.05) is 5.08 Å². The largest absolute Gasteiger partial charge is 0.601 e. The van der Waals surface area contributed by atoms with Crippen LogP contribution in [0.15, 0.2) is 22.4 Å². The summed E-state index contributed by atoms with van der Waals surface area (Å²) in [5.41, 5.74) is 5.26. The van der Waals surface area contributed by atoms with Crippen LogP contribution >= 0.6 is 23.5 Å². The van der Waals surface area contributed by atoms with Crippen LogP contribution in [0, 0.1) is 13.2 Å². The number of hydrogen-bond donors (Lipinski definition) is 0. The summed E-state index contributed by atoms with van der Waals surface area (Å²) in [6.07, 6.45) is 2.37. The SMILES string of the molecule is [CH-]=CN=[C-]SCS[C-]=NC=[CH-].[Y].[Y]. The van der Waals surface area contributed by atoms with Crippen LogP contribution in [-0.4, -0.2) is 16.2 Å². The van der Waals surface area contributed by atoms with Crippen molar-refractivity contribution < 1.29 is 65.4 Å². The molecule has 66 valence electrons. The molecule has 0 aromatic heterocycles. The maximum atomic E-state index is 4.96. The minimum absolute atomic E-state index is 0. The van der Waals surface area contributed by atoms with Crippen LogP contribution in [0.4, 0.5) is 0 Å². The van der Waals surface area contributed by atoms with E-state index in [-0.39, 0.29) is 65.4 Å². The molecule has 0 aromatic rings. The third-order valence-electron chi connectivity index (χ3n) is 0.501. The second kappa shape index (κ2) is 19.3. The molecule has 13 heavy (non-hydrogen) atoms. The van der Waals surface area contributed by atoms with Gasteiger partial charge in [0.05, 0.1) is 0 Å². The van der Waals surface area contributed by atoms with Crippen LogP contribution in [0.25, 0.3) is 0 Å². The molecule has 2 radical (unpaired) electrons. The Morgan fingerprint density at radius 3 is 1.69 bits per heavy atom. The van der Waals surface area contributed by atoms with Crippen molar-refractivity contribution in [1.82, 2.24) is 0 Å². The van der Waals surface area contributed by atoms with Crippen molar-refractivity contribution in [1.29, 1.82) is 0 Å². The Kier molecular flexibility index (Phi) is 30.0. The predicted octanol–water partition coefficient (Wildman–Crippen LogP) is 2.11. The van der Waals surface area contributed by atoms with Crippen molar-refractivity contribution in [3.63, 3.8) is 0 Å². The van der Waals surface area contributed by atoms with Gasteiger partial charge in [-0.3, -0.25) is 0 Å². The van der Waals surface area contributed by atoms with Gasteiger partial charge in [0.1, 0.15) is 0 Å². The molecule has 0 aliphatic heterocycles. The van der Waals surface area contributed by atoms with E-state index in [2.05, 4.69) is 21.1 Å². The van der Waals surface area contributed by atoms with Gasteiger partial charge in [-0.25, -0.2) is 23.5 Å². The molecule has 0 fully saturated rings. The summed E-state index contributed by atoms with van der Waals surface area (Å²) in [7, 11) is 0. The second-order valence-electron chi connectivity index (χ2n) is 1.15. The zero-order chi connectivity index (χ0) is 8.36. The Hall–Kier alpha value is 1.73. The van der Waals surface area contributed by atoms with Crippen LogP contribution in [0.3, 0.4) is 0 Å². The quantitative estimate of drug-likeness (QED) is 0.238. The molecule has 0 N–H and O–H groups in total. The minimum atomic E-state index is 0. The summed E-state index contributed by atoms with van der Waals surface area (Å²) < 4.78 is 0. The Bertz CT molecular complexity index is 154. The van der Waals surface area contributed by atoms with Gasteiger partial charge in [-0.2, -0.15) is 0 Å². The first-order chi connectivity index (χ1) is 5.41. The molecule has 0 saturated carbocycles. The van der Waals surface area contributed by atoms with E-state index in [1.807, 2.05) is 0 Å². The van der Waals surface area contributed by atoms with Gasteiger partial charge in [0.25, 0.3) is 0 Å². The third kappa shape index (κ3) is 20.0. The van der Waals surface area contributed by atoms with Crippen LogP contribution in [-0.2, 0) is 65.4 Å². The molecule has 0 saturated heterocycles. The van der Waals surface area contributed by atoms with Crippen molar-refractivity contribution in [2.24, 2.45) is 9.98 Å². The Labute approximate surface area is 138 Å². The summed E-state index contributed by atoms with van der Waals surface area (Å²) in [6, 6.07) is 0. The van der Waals surface area contributed by atoms with E-state index < -0.39 is 0 Å². The molecule has 0 aliphatic rings. The molecule has 0 heterocycles. The van der Waals surface area contributed by atoms with Crippen LogP contribution in [0.1, 0.15) is 0 Å². The Morgan fingerprint density at radius 2 is 1.38 bits per heavy atom. The zero-order valence-corrected chi connectivity index (χ0v) is 14.2. The van der Waals surface area contributed by atoms with Crippen LogP contribution in [0.5, 0.6) is 0 Å². The maximum absolute atomic E-state index is 4.96. The Morgan fingerprint density at radius 1 is 1.00 bits per heavy atom. The molecule has 0 amide bonds. The molecule has 0 rings (SSSR count). The Balaban J connectivity index is -0.000000500. The number of aliphatic imine (C=N–C) groups is 2. The topological polar surface area (TPSA) is 24.7 Å². The standard InChI is InChI=1S/C7H6N2S2.2Y/c1-3-8-5-10-7-11-6-9-4-2;;/h1-4H,7H2;;/q-4;;. The van der Waals surface area contributed by atoms with Gasteiger partial charge in [-0.05, 0) is 0 Å². The molecule has 0 aromatic carbocycles. The molecular formula is C7H6N2S2Y2-4. The molecule has 2 nitrogen and oxygen atoms in total. The summed E-state index contributed by atoms with van der Waals surface area (Å²) >= 11 is 2.77. The van der Waals surface area contributed by atoms with Gasteiger partial charge in [0.2, 0.25) is 0 Å². The average Bonchev–Trinajstić information content (AvgIpc) is 2.03. The van der Waals surface area contributed by atoms with Crippen molar-refractivity contribution in [3.8, 4) is 0 Å².